The molecule has 3 heteroatoms. The van der Waals surface area contributed by atoms with Crippen molar-refractivity contribution in [3.63, 3.8) is 0 Å². The Kier molecular flexibility index (Phi) is 4.52. The summed E-state index contributed by atoms with van der Waals surface area (Å²) in [5.74, 6) is 1.70. The Bertz CT molecular complexity index is 419. The number of hydrogen-bond donors (Lipinski definition) is 1. The monoisotopic (exact) mass is 267 g/mol. The molecule has 2 nitrogen and oxygen atoms in total. The predicted molar refractivity (Wildman–Crippen MR) is 76.7 cm³/mol. The summed E-state index contributed by atoms with van der Waals surface area (Å²) in [6, 6.07) is 4.61. The lowest BCUT2D eigenvalue weighted by molar-refractivity contribution is 0.342. The molecule has 1 aliphatic rings. The molecule has 1 N–H and O–H groups in total. The van der Waals surface area contributed by atoms with E-state index in [1.165, 1.54) is 11.1 Å². The van der Waals surface area contributed by atoms with Gasteiger partial charge in [-0.15, -0.1) is 0 Å². The zero-order chi connectivity index (χ0) is 13.1. The van der Waals surface area contributed by atoms with Crippen LogP contribution in [0.2, 0.25) is 5.02 Å². The smallest absolute Gasteiger partial charge is 0.125 e. The van der Waals surface area contributed by atoms with E-state index in [0.29, 0.717) is 12.0 Å². The van der Waals surface area contributed by atoms with E-state index in [0.717, 1.165) is 36.6 Å². The van der Waals surface area contributed by atoms with Gasteiger partial charge >= 0.3 is 0 Å². The van der Waals surface area contributed by atoms with Crippen LogP contribution >= 0.6 is 11.6 Å². The van der Waals surface area contributed by atoms with Gasteiger partial charge in [-0.2, -0.15) is 0 Å². The molecule has 100 valence electrons. The number of ether oxygens (including phenoxy) is 1. The molecule has 0 bridgehead atoms. The summed E-state index contributed by atoms with van der Waals surface area (Å²) >= 11 is 6.20. The Labute approximate surface area is 115 Å². The highest BCUT2D eigenvalue weighted by atomic mass is 35.5. The van der Waals surface area contributed by atoms with Gasteiger partial charge < -0.3 is 10.1 Å². The lowest BCUT2D eigenvalue weighted by Crippen LogP contribution is -2.31. The number of benzene rings is 1. The van der Waals surface area contributed by atoms with Crippen molar-refractivity contribution in [2.24, 2.45) is 5.92 Å². The molecule has 0 saturated carbocycles. The highest BCUT2D eigenvalue weighted by molar-refractivity contribution is 6.30. The quantitative estimate of drug-likeness (QED) is 0.882. The molecule has 1 aliphatic heterocycles. The van der Waals surface area contributed by atoms with Crippen molar-refractivity contribution in [1.82, 2.24) is 5.32 Å². The minimum atomic E-state index is 0.506. The van der Waals surface area contributed by atoms with Crippen LogP contribution in [0.5, 0.6) is 5.75 Å². The lowest BCUT2D eigenvalue weighted by Gasteiger charge is -2.23. The third-order valence-corrected chi connectivity index (χ3v) is 4.21. The third kappa shape index (κ3) is 2.81. The van der Waals surface area contributed by atoms with Gasteiger partial charge in [-0.1, -0.05) is 24.9 Å². The van der Waals surface area contributed by atoms with E-state index < -0.39 is 0 Å². The van der Waals surface area contributed by atoms with Crippen LogP contribution in [-0.4, -0.2) is 19.7 Å². The van der Waals surface area contributed by atoms with Crippen molar-refractivity contribution in [3.8, 4) is 5.75 Å². The fourth-order valence-corrected chi connectivity index (χ4v) is 2.95. The van der Waals surface area contributed by atoms with Crippen molar-refractivity contribution in [1.29, 1.82) is 0 Å². The fourth-order valence-electron chi connectivity index (χ4n) is 2.69. The zero-order valence-electron chi connectivity index (χ0n) is 11.4. The van der Waals surface area contributed by atoms with Gasteiger partial charge in [0, 0.05) is 17.5 Å². The van der Waals surface area contributed by atoms with Crippen LogP contribution in [0.4, 0.5) is 0 Å². The van der Waals surface area contributed by atoms with E-state index in [1.807, 2.05) is 13.1 Å². The van der Waals surface area contributed by atoms with Gasteiger partial charge in [-0.3, -0.25) is 0 Å². The summed E-state index contributed by atoms with van der Waals surface area (Å²) < 4.78 is 5.76. The molecule has 0 amide bonds. The molecule has 2 rings (SSSR count). The number of fused-ring (bicyclic) bond motifs is 1. The molecule has 18 heavy (non-hydrogen) atoms. The fraction of sp³-hybridized carbons (Fsp3) is 0.600. The van der Waals surface area contributed by atoms with E-state index in [-0.39, 0.29) is 0 Å². The number of halogens is 1. The molecule has 2 unspecified atom stereocenters. The molecule has 1 aromatic carbocycles. The third-order valence-electron chi connectivity index (χ3n) is 3.99. The van der Waals surface area contributed by atoms with E-state index in [1.54, 1.807) is 0 Å². The van der Waals surface area contributed by atoms with E-state index in [2.05, 4.69) is 25.2 Å². The topological polar surface area (TPSA) is 21.3 Å². The molecule has 0 radical (unpaired) electrons. The first-order chi connectivity index (χ1) is 8.65. The number of nitrogens with one attached hydrogen (secondary N) is 1. The van der Waals surface area contributed by atoms with Crippen molar-refractivity contribution in [2.75, 3.05) is 13.7 Å². The normalized spacial score (nSPS) is 17.1. The van der Waals surface area contributed by atoms with Gasteiger partial charge in [0.25, 0.3) is 0 Å². The molecule has 0 spiro atoms. The minimum Gasteiger partial charge on any atom is -0.493 e. The molecule has 2 atom stereocenters. The van der Waals surface area contributed by atoms with Gasteiger partial charge in [0.15, 0.2) is 0 Å². The molecule has 1 heterocycles. The van der Waals surface area contributed by atoms with Crippen LogP contribution in [0.15, 0.2) is 12.1 Å². The van der Waals surface area contributed by atoms with Gasteiger partial charge in [-0.05, 0) is 49.6 Å². The van der Waals surface area contributed by atoms with Crippen molar-refractivity contribution in [2.45, 2.75) is 39.2 Å². The van der Waals surface area contributed by atoms with Crippen LogP contribution in [0, 0.1) is 5.92 Å². The summed E-state index contributed by atoms with van der Waals surface area (Å²) in [7, 11) is 2.02. The molecule has 0 saturated heterocycles. The van der Waals surface area contributed by atoms with Crippen molar-refractivity contribution >= 4 is 11.6 Å². The lowest BCUT2D eigenvalue weighted by atomic mass is 9.90. The Morgan fingerprint density at radius 2 is 2.22 bits per heavy atom. The highest BCUT2D eigenvalue weighted by Crippen LogP contribution is 2.35. The second-order valence-corrected chi connectivity index (χ2v) is 5.54. The Hall–Kier alpha value is -0.730. The number of hydrogen-bond acceptors (Lipinski definition) is 2. The average molecular weight is 268 g/mol. The molecule has 0 aromatic heterocycles. The standard InChI is InChI=1S/C15H22ClNO/c1-4-11(10(2)17-3)7-13-9-14(16)8-12-5-6-18-15(12)13/h8-11,17H,4-7H2,1-3H3. The van der Waals surface area contributed by atoms with Gasteiger partial charge in [0.05, 0.1) is 6.61 Å². The maximum Gasteiger partial charge on any atom is 0.125 e. The first-order valence-electron chi connectivity index (χ1n) is 6.77. The van der Waals surface area contributed by atoms with Crippen molar-refractivity contribution in [3.05, 3.63) is 28.3 Å². The average Bonchev–Trinajstić information content (AvgIpc) is 2.82. The molecule has 0 aliphatic carbocycles. The maximum atomic E-state index is 6.20. The van der Waals surface area contributed by atoms with Gasteiger partial charge in [0.2, 0.25) is 0 Å². The zero-order valence-corrected chi connectivity index (χ0v) is 12.2. The van der Waals surface area contributed by atoms with Crippen LogP contribution in [0.25, 0.3) is 0 Å². The highest BCUT2D eigenvalue weighted by Gasteiger charge is 2.21. The SMILES string of the molecule is CCC(Cc1cc(Cl)cc2c1OCC2)C(C)NC. The van der Waals surface area contributed by atoms with E-state index >= 15 is 0 Å². The molecular formula is C15H22ClNO. The summed E-state index contributed by atoms with van der Waals surface area (Å²) in [4.78, 5) is 0. The molecule has 1 aromatic rings. The Morgan fingerprint density at radius 3 is 2.89 bits per heavy atom. The minimum absolute atomic E-state index is 0.506. The summed E-state index contributed by atoms with van der Waals surface area (Å²) in [6.07, 6.45) is 3.17. The molecule has 0 fully saturated rings. The van der Waals surface area contributed by atoms with Gasteiger partial charge in [-0.25, -0.2) is 0 Å². The summed E-state index contributed by atoms with van der Waals surface area (Å²) in [6.45, 7) is 5.27. The number of rotatable bonds is 5. The van der Waals surface area contributed by atoms with E-state index in [9.17, 15) is 0 Å². The maximum absolute atomic E-state index is 6.20. The first kappa shape index (κ1) is 13.7. The second-order valence-electron chi connectivity index (χ2n) is 5.10. The summed E-state index contributed by atoms with van der Waals surface area (Å²) in [5.41, 5.74) is 2.54. The largest absolute Gasteiger partial charge is 0.493 e. The predicted octanol–water partition coefficient (Wildman–Crippen LogP) is 3.45. The Balaban J connectivity index is 2.23. The van der Waals surface area contributed by atoms with Crippen LogP contribution in [-0.2, 0) is 12.8 Å². The molecular weight excluding hydrogens is 246 g/mol. The van der Waals surface area contributed by atoms with E-state index in [4.69, 9.17) is 16.3 Å². The summed E-state index contributed by atoms with van der Waals surface area (Å²) in [5, 5.41) is 4.18. The van der Waals surface area contributed by atoms with Gasteiger partial charge in [0.1, 0.15) is 5.75 Å². The van der Waals surface area contributed by atoms with Crippen LogP contribution in [0.1, 0.15) is 31.4 Å². The van der Waals surface area contributed by atoms with Crippen molar-refractivity contribution < 1.29 is 4.74 Å². The Morgan fingerprint density at radius 1 is 1.44 bits per heavy atom. The van der Waals surface area contributed by atoms with Crippen LogP contribution < -0.4 is 10.1 Å². The first-order valence-corrected chi connectivity index (χ1v) is 7.14. The van der Waals surface area contributed by atoms with Crippen LogP contribution in [0.3, 0.4) is 0 Å². The second kappa shape index (κ2) is 5.94.